The molecule has 0 N–H and O–H groups in total. The van der Waals surface area contributed by atoms with Gasteiger partial charge < -0.3 is 0 Å². The van der Waals surface area contributed by atoms with E-state index < -0.39 is 5.82 Å². The molecule has 0 fully saturated rings. The van der Waals surface area contributed by atoms with Crippen LogP contribution in [0.1, 0.15) is 21.1 Å². The first-order chi connectivity index (χ1) is 8.95. The van der Waals surface area contributed by atoms with Gasteiger partial charge in [0.05, 0.1) is 12.1 Å². The molecular formula is C14H13ClFNOS. The van der Waals surface area contributed by atoms with Crippen LogP contribution in [0.4, 0.5) is 4.39 Å². The average molecular weight is 298 g/mol. The highest BCUT2D eigenvalue weighted by atomic mass is 35.5. The second kappa shape index (κ2) is 5.80. The SMILES string of the molecule is Cc1nc(CC(=O)Cc2ccc(F)cc2Cl)sc1C. The summed E-state index contributed by atoms with van der Waals surface area (Å²) >= 11 is 7.44. The number of halogens is 2. The maximum atomic E-state index is 12.9. The Hall–Kier alpha value is -1.26. The molecule has 0 bridgehead atoms. The summed E-state index contributed by atoms with van der Waals surface area (Å²) in [5.74, 6) is -0.366. The molecule has 1 heterocycles. The number of hydrogen-bond acceptors (Lipinski definition) is 3. The lowest BCUT2D eigenvalue weighted by atomic mass is 10.1. The van der Waals surface area contributed by atoms with Crippen molar-refractivity contribution in [2.24, 2.45) is 0 Å². The second-order valence-electron chi connectivity index (χ2n) is 4.38. The van der Waals surface area contributed by atoms with Crippen molar-refractivity contribution >= 4 is 28.7 Å². The summed E-state index contributed by atoms with van der Waals surface area (Å²) < 4.78 is 12.9. The zero-order valence-electron chi connectivity index (χ0n) is 10.7. The molecule has 2 nitrogen and oxygen atoms in total. The number of hydrogen-bond donors (Lipinski definition) is 0. The van der Waals surface area contributed by atoms with Crippen LogP contribution in [-0.4, -0.2) is 10.8 Å². The smallest absolute Gasteiger partial charge is 0.144 e. The van der Waals surface area contributed by atoms with Crippen molar-refractivity contribution < 1.29 is 9.18 Å². The first-order valence-electron chi connectivity index (χ1n) is 5.84. The zero-order chi connectivity index (χ0) is 14.0. The summed E-state index contributed by atoms with van der Waals surface area (Å²) in [6.07, 6.45) is 0.504. The summed E-state index contributed by atoms with van der Waals surface area (Å²) in [6, 6.07) is 4.09. The molecule has 0 saturated heterocycles. The van der Waals surface area contributed by atoms with Crippen LogP contribution in [0.3, 0.4) is 0 Å². The molecule has 5 heteroatoms. The molecule has 0 aliphatic carbocycles. The zero-order valence-corrected chi connectivity index (χ0v) is 12.2. The van der Waals surface area contributed by atoms with Crippen LogP contribution in [0.2, 0.25) is 5.02 Å². The van der Waals surface area contributed by atoms with Gasteiger partial charge >= 0.3 is 0 Å². The van der Waals surface area contributed by atoms with Crippen LogP contribution in [0.15, 0.2) is 18.2 Å². The fourth-order valence-corrected chi connectivity index (χ4v) is 2.92. The van der Waals surface area contributed by atoms with E-state index in [1.807, 2.05) is 13.8 Å². The van der Waals surface area contributed by atoms with Gasteiger partial charge in [-0.1, -0.05) is 17.7 Å². The minimum atomic E-state index is -0.396. The Morgan fingerprint density at radius 1 is 1.37 bits per heavy atom. The molecule has 0 spiro atoms. The fourth-order valence-electron chi connectivity index (χ4n) is 1.72. The number of rotatable bonds is 4. The van der Waals surface area contributed by atoms with Crippen molar-refractivity contribution in [1.29, 1.82) is 0 Å². The highest BCUT2D eigenvalue weighted by molar-refractivity contribution is 7.11. The predicted octanol–water partition coefficient (Wildman–Crippen LogP) is 3.91. The van der Waals surface area contributed by atoms with Crippen LogP contribution in [0.25, 0.3) is 0 Å². The lowest BCUT2D eigenvalue weighted by molar-refractivity contribution is -0.117. The monoisotopic (exact) mass is 297 g/mol. The number of ketones is 1. The Balaban J connectivity index is 2.05. The highest BCUT2D eigenvalue weighted by Crippen LogP contribution is 2.20. The summed E-state index contributed by atoms with van der Waals surface area (Å²) in [5, 5.41) is 1.11. The standard InChI is InChI=1S/C14H13ClFNOS/c1-8-9(2)19-14(17-8)7-12(18)5-10-3-4-11(16)6-13(10)15/h3-4,6H,5,7H2,1-2H3. The number of Topliss-reactive ketones (excluding diaryl/α,β-unsaturated/α-hetero) is 1. The molecule has 0 atom stereocenters. The fraction of sp³-hybridized carbons (Fsp3) is 0.286. The molecule has 0 saturated carbocycles. The number of aryl methyl sites for hydroxylation is 2. The number of carbonyl (C=O) groups excluding carboxylic acids is 1. The van der Waals surface area contributed by atoms with Crippen LogP contribution < -0.4 is 0 Å². The van der Waals surface area contributed by atoms with E-state index in [-0.39, 0.29) is 12.2 Å². The summed E-state index contributed by atoms with van der Waals surface area (Å²) in [4.78, 5) is 17.4. The Morgan fingerprint density at radius 3 is 2.68 bits per heavy atom. The average Bonchev–Trinajstić information content (AvgIpc) is 2.62. The van der Waals surface area contributed by atoms with Crippen LogP contribution in [0.5, 0.6) is 0 Å². The van der Waals surface area contributed by atoms with E-state index in [0.717, 1.165) is 15.6 Å². The number of thiazole rings is 1. The summed E-state index contributed by atoms with van der Waals surface area (Å²) in [5.41, 5.74) is 1.62. The van der Waals surface area contributed by atoms with Gasteiger partial charge in [-0.2, -0.15) is 0 Å². The molecule has 2 aromatic rings. The highest BCUT2D eigenvalue weighted by Gasteiger charge is 2.12. The van der Waals surface area contributed by atoms with E-state index >= 15 is 0 Å². The van der Waals surface area contributed by atoms with E-state index in [2.05, 4.69) is 4.98 Å². The third-order valence-corrected chi connectivity index (χ3v) is 4.25. The lowest BCUT2D eigenvalue weighted by Gasteiger charge is -2.02. The Labute approximate surface area is 120 Å². The van der Waals surface area contributed by atoms with Gasteiger partial charge in [-0.3, -0.25) is 4.79 Å². The molecule has 0 unspecified atom stereocenters. The molecular weight excluding hydrogens is 285 g/mol. The number of aromatic nitrogens is 1. The van der Waals surface area contributed by atoms with Crippen molar-refractivity contribution in [3.05, 3.63) is 50.2 Å². The van der Waals surface area contributed by atoms with Gasteiger partial charge in [0.1, 0.15) is 16.6 Å². The van der Waals surface area contributed by atoms with Gasteiger partial charge in [-0.05, 0) is 31.5 Å². The van der Waals surface area contributed by atoms with Gasteiger partial charge in [0.25, 0.3) is 0 Å². The minimum Gasteiger partial charge on any atom is -0.299 e. The lowest BCUT2D eigenvalue weighted by Crippen LogP contribution is -2.07. The largest absolute Gasteiger partial charge is 0.299 e. The Morgan fingerprint density at radius 2 is 2.11 bits per heavy atom. The van der Waals surface area contributed by atoms with E-state index in [1.165, 1.54) is 23.5 Å². The van der Waals surface area contributed by atoms with Crippen LogP contribution in [-0.2, 0) is 17.6 Å². The van der Waals surface area contributed by atoms with Gasteiger partial charge in [-0.25, -0.2) is 9.37 Å². The van der Waals surface area contributed by atoms with Gasteiger partial charge in [-0.15, -0.1) is 11.3 Å². The van der Waals surface area contributed by atoms with Gasteiger partial charge in [0.15, 0.2) is 0 Å². The molecule has 100 valence electrons. The topological polar surface area (TPSA) is 30.0 Å². The van der Waals surface area contributed by atoms with Crippen molar-refractivity contribution in [3.63, 3.8) is 0 Å². The van der Waals surface area contributed by atoms with Crippen LogP contribution in [0, 0.1) is 19.7 Å². The van der Waals surface area contributed by atoms with Crippen molar-refractivity contribution in [3.8, 4) is 0 Å². The predicted molar refractivity (Wildman–Crippen MR) is 75.4 cm³/mol. The Kier molecular flexibility index (Phi) is 4.32. The number of nitrogens with zero attached hydrogens (tertiary/aromatic N) is 1. The molecule has 19 heavy (non-hydrogen) atoms. The van der Waals surface area contributed by atoms with Crippen LogP contribution >= 0.6 is 22.9 Å². The maximum Gasteiger partial charge on any atom is 0.144 e. The van der Waals surface area contributed by atoms with E-state index in [4.69, 9.17) is 11.6 Å². The third kappa shape index (κ3) is 3.61. The van der Waals surface area contributed by atoms with Crippen molar-refractivity contribution in [2.45, 2.75) is 26.7 Å². The van der Waals surface area contributed by atoms with Crippen molar-refractivity contribution in [1.82, 2.24) is 4.98 Å². The van der Waals surface area contributed by atoms with Crippen molar-refractivity contribution in [2.75, 3.05) is 0 Å². The van der Waals surface area contributed by atoms with Gasteiger partial charge in [0, 0.05) is 16.3 Å². The molecule has 0 aliphatic rings. The van der Waals surface area contributed by atoms with E-state index in [0.29, 0.717) is 17.0 Å². The van der Waals surface area contributed by atoms with Gasteiger partial charge in [0.2, 0.25) is 0 Å². The normalized spacial score (nSPS) is 10.7. The molecule has 0 aliphatic heterocycles. The maximum absolute atomic E-state index is 12.9. The number of carbonyl (C=O) groups is 1. The Bertz CT molecular complexity index is 604. The molecule has 2 rings (SSSR count). The first-order valence-corrected chi connectivity index (χ1v) is 7.03. The quantitative estimate of drug-likeness (QED) is 0.856. The third-order valence-electron chi connectivity index (χ3n) is 2.82. The van der Waals surface area contributed by atoms with E-state index in [9.17, 15) is 9.18 Å². The molecule has 1 aromatic heterocycles. The van der Waals surface area contributed by atoms with E-state index in [1.54, 1.807) is 6.07 Å². The molecule has 0 amide bonds. The second-order valence-corrected chi connectivity index (χ2v) is 6.07. The first kappa shape index (κ1) is 14.2. The molecule has 1 aromatic carbocycles. The summed E-state index contributed by atoms with van der Waals surface area (Å²) in [7, 11) is 0. The summed E-state index contributed by atoms with van der Waals surface area (Å²) in [6.45, 7) is 3.91. The number of benzene rings is 1. The minimum absolute atomic E-state index is 0.0299. The molecule has 0 radical (unpaired) electrons.